The molecule has 1 heterocycles. The summed E-state index contributed by atoms with van der Waals surface area (Å²) in [6.07, 6.45) is 14.7. The minimum Gasteiger partial charge on any atom is -0.313 e. The third kappa shape index (κ3) is 13.3. The Hall–Kier alpha value is -0.160. The molecule has 0 aromatic carbocycles. The van der Waals surface area contributed by atoms with Crippen molar-refractivity contribution in [2.24, 2.45) is 0 Å². The number of hydrogen-bond acceptors (Lipinski definition) is 4. The molecule has 1 aliphatic rings. The normalized spacial score (nSPS) is 28.7. The Morgan fingerprint density at radius 1 is 0.667 bits per heavy atom. The molecule has 1 saturated heterocycles. The second-order valence-electron chi connectivity index (χ2n) is 11.6. The van der Waals surface area contributed by atoms with Gasteiger partial charge in [-0.15, -0.1) is 0 Å². The maximum Gasteiger partial charge on any atom is 0.0171 e. The number of rotatable bonds is 9. The quantitative estimate of drug-likeness (QED) is 0.376. The number of hydrogen-bond donors (Lipinski definition) is 4. The summed E-state index contributed by atoms with van der Waals surface area (Å²) in [5.41, 5.74) is 0.498. The van der Waals surface area contributed by atoms with Crippen molar-refractivity contribution in [3.63, 3.8) is 0 Å². The van der Waals surface area contributed by atoms with E-state index in [0.29, 0.717) is 6.04 Å². The third-order valence-electron chi connectivity index (χ3n) is 6.73. The van der Waals surface area contributed by atoms with Gasteiger partial charge in [0.15, 0.2) is 0 Å². The first-order valence-electron chi connectivity index (χ1n) is 13.1. The minimum absolute atomic E-state index is 0.142. The maximum atomic E-state index is 3.96. The van der Waals surface area contributed by atoms with E-state index in [0.717, 1.165) is 39.0 Å². The molecule has 4 heteroatoms. The molecule has 1 fully saturated rings. The zero-order chi connectivity index (χ0) is 22.5. The lowest BCUT2D eigenvalue weighted by Crippen LogP contribution is -2.56. The molecule has 180 valence electrons. The van der Waals surface area contributed by atoms with Crippen LogP contribution in [0.15, 0.2) is 0 Å². The van der Waals surface area contributed by atoms with Gasteiger partial charge < -0.3 is 21.3 Å². The van der Waals surface area contributed by atoms with E-state index >= 15 is 0 Å². The Kier molecular flexibility index (Phi) is 13.1. The first-order chi connectivity index (χ1) is 14.1. The van der Waals surface area contributed by atoms with Crippen LogP contribution in [0.2, 0.25) is 0 Å². The van der Waals surface area contributed by atoms with Crippen molar-refractivity contribution >= 4 is 0 Å². The van der Waals surface area contributed by atoms with Gasteiger partial charge in [-0.05, 0) is 60.8 Å². The van der Waals surface area contributed by atoms with Crippen molar-refractivity contribution in [3.05, 3.63) is 0 Å². The van der Waals surface area contributed by atoms with Gasteiger partial charge in [-0.3, -0.25) is 0 Å². The summed E-state index contributed by atoms with van der Waals surface area (Å²) in [7, 11) is 0. The molecule has 0 aliphatic carbocycles. The second kappa shape index (κ2) is 14.1. The van der Waals surface area contributed by atoms with Gasteiger partial charge in [0, 0.05) is 48.8 Å². The molecule has 1 rings (SSSR count). The van der Waals surface area contributed by atoms with Gasteiger partial charge in [0.05, 0.1) is 0 Å². The highest BCUT2D eigenvalue weighted by molar-refractivity contribution is 4.94. The van der Waals surface area contributed by atoms with Gasteiger partial charge in [0.2, 0.25) is 0 Å². The van der Waals surface area contributed by atoms with E-state index in [9.17, 15) is 0 Å². The van der Waals surface area contributed by atoms with E-state index in [1.54, 1.807) is 0 Å². The fourth-order valence-corrected chi connectivity index (χ4v) is 5.32. The average Bonchev–Trinajstić information content (AvgIpc) is 2.63. The Labute approximate surface area is 189 Å². The molecule has 0 aromatic rings. The van der Waals surface area contributed by atoms with Crippen LogP contribution in [0.3, 0.4) is 0 Å². The van der Waals surface area contributed by atoms with Gasteiger partial charge in [-0.2, -0.15) is 0 Å². The molecule has 4 N–H and O–H groups in total. The Morgan fingerprint density at radius 2 is 1.20 bits per heavy atom. The highest BCUT2D eigenvalue weighted by Gasteiger charge is 2.32. The molecule has 0 amide bonds. The van der Waals surface area contributed by atoms with E-state index in [1.165, 1.54) is 57.8 Å². The monoisotopic (exact) mass is 424 g/mol. The molecule has 0 saturated carbocycles. The highest BCUT2D eigenvalue weighted by Crippen LogP contribution is 2.26. The summed E-state index contributed by atoms with van der Waals surface area (Å²) in [6.45, 7) is 20.6. The van der Waals surface area contributed by atoms with E-state index in [-0.39, 0.29) is 16.6 Å². The second-order valence-corrected chi connectivity index (χ2v) is 11.6. The Balaban J connectivity index is 2.56. The fourth-order valence-electron chi connectivity index (χ4n) is 5.32. The highest BCUT2D eigenvalue weighted by atomic mass is 15.1. The van der Waals surface area contributed by atoms with E-state index in [2.05, 4.69) is 69.7 Å². The molecule has 0 aromatic heterocycles. The molecular weight excluding hydrogens is 368 g/mol. The topological polar surface area (TPSA) is 48.1 Å². The molecular formula is C26H56N4. The first kappa shape index (κ1) is 27.9. The van der Waals surface area contributed by atoms with Crippen LogP contribution in [-0.2, 0) is 0 Å². The van der Waals surface area contributed by atoms with Crippen molar-refractivity contribution in [2.75, 3.05) is 26.2 Å². The average molecular weight is 425 g/mol. The Bertz CT molecular complexity index is 435. The first-order valence-corrected chi connectivity index (χ1v) is 13.1. The molecule has 0 spiro atoms. The van der Waals surface area contributed by atoms with Crippen LogP contribution in [0.5, 0.6) is 0 Å². The molecule has 2 atom stereocenters. The smallest absolute Gasteiger partial charge is 0.0171 e. The summed E-state index contributed by atoms with van der Waals surface area (Å²) in [5.74, 6) is 0. The SMILES string of the molecule is CCCCCCCCCCC1(C)CC(C)(C)NCCNC(C)CC(C)(C)NCCN1. The zero-order valence-corrected chi connectivity index (χ0v) is 21.7. The molecule has 4 nitrogen and oxygen atoms in total. The van der Waals surface area contributed by atoms with Crippen LogP contribution in [0.25, 0.3) is 0 Å². The summed E-state index contributed by atoms with van der Waals surface area (Å²) < 4.78 is 0. The van der Waals surface area contributed by atoms with Crippen LogP contribution < -0.4 is 21.3 Å². The lowest BCUT2D eigenvalue weighted by molar-refractivity contribution is 0.209. The molecule has 1 aliphatic heterocycles. The molecule has 0 radical (unpaired) electrons. The van der Waals surface area contributed by atoms with Gasteiger partial charge in [-0.1, -0.05) is 58.3 Å². The predicted octanol–water partition coefficient (Wildman–Crippen LogP) is 5.37. The summed E-state index contributed by atoms with van der Waals surface area (Å²) >= 11 is 0. The summed E-state index contributed by atoms with van der Waals surface area (Å²) in [4.78, 5) is 0. The third-order valence-corrected chi connectivity index (χ3v) is 6.73. The van der Waals surface area contributed by atoms with E-state index in [4.69, 9.17) is 0 Å². The van der Waals surface area contributed by atoms with Gasteiger partial charge in [0.1, 0.15) is 0 Å². The maximum absolute atomic E-state index is 3.96. The van der Waals surface area contributed by atoms with Crippen LogP contribution in [0, 0.1) is 0 Å². The number of unbranched alkanes of at least 4 members (excludes halogenated alkanes) is 7. The van der Waals surface area contributed by atoms with Gasteiger partial charge in [-0.25, -0.2) is 0 Å². The largest absolute Gasteiger partial charge is 0.313 e. The predicted molar refractivity (Wildman–Crippen MR) is 134 cm³/mol. The molecule has 0 bridgehead atoms. The standard InChI is InChI=1S/C26H56N4/c1-8-9-10-11-12-13-14-15-16-26(7)22-25(5,6)29-18-17-27-23(2)21-24(3,4)28-19-20-30-26/h23,27-30H,8-22H2,1-7H3. The van der Waals surface area contributed by atoms with E-state index in [1.807, 2.05) is 0 Å². The fraction of sp³-hybridized carbons (Fsp3) is 1.00. The van der Waals surface area contributed by atoms with Crippen LogP contribution >= 0.6 is 0 Å². The van der Waals surface area contributed by atoms with Crippen LogP contribution in [0.4, 0.5) is 0 Å². The molecule has 2 unspecified atom stereocenters. The number of nitrogens with one attached hydrogen (secondary N) is 4. The summed E-state index contributed by atoms with van der Waals surface area (Å²) in [6, 6.07) is 0.528. The van der Waals surface area contributed by atoms with E-state index < -0.39 is 0 Å². The van der Waals surface area contributed by atoms with Crippen molar-refractivity contribution in [1.29, 1.82) is 0 Å². The van der Waals surface area contributed by atoms with Gasteiger partial charge >= 0.3 is 0 Å². The van der Waals surface area contributed by atoms with Crippen molar-refractivity contribution in [3.8, 4) is 0 Å². The summed E-state index contributed by atoms with van der Waals surface area (Å²) in [5, 5.41) is 15.3. The lowest BCUT2D eigenvalue weighted by atomic mass is 9.81. The van der Waals surface area contributed by atoms with Crippen LogP contribution in [0.1, 0.15) is 119 Å². The zero-order valence-electron chi connectivity index (χ0n) is 21.7. The minimum atomic E-state index is 0.142. The van der Waals surface area contributed by atoms with Gasteiger partial charge in [0.25, 0.3) is 0 Å². The van der Waals surface area contributed by atoms with Crippen molar-refractivity contribution < 1.29 is 0 Å². The van der Waals surface area contributed by atoms with Crippen LogP contribution in [-0.4, -0.2) is 48.8 Å². The van der Waals surface area contributed by atoms with Crippen molar-refractivity contribution in [2.45, 2.75) is 142 Å². The molecule has 30 heavy (non-hydrogen) atoms. The Morgan fingerprint density at radius 3 is 1.87 bits per heavy atom. The lowest BCUT2D eigenvalue weighted by Gasteiger charge is -2.40. The van der Waals surface area contributed by atoms with Crippen molar-refractivity contribution in [1.82, 2.24) is 21.3 Å².